The number of benzene rings is 2. The Morgan fingerprint density at radius 1 is 1.00 bits per heavy atom. The zero-order valence-corrected chi connectivity index (χ0v) is 14.3. The summed E-state index contributed by atoms with van der Waals surface area (Å²) in [7, 11) is -1.40. The Labute approximate surface area is 147 Å². The van der Waals surface area contributed by atoms with Crippen LogP contribution in [0.3, 0.4) is 0 Å². The molecule has 7 heteroatoms. The second-order valence-corrected chi connectivity index (χ2v) is 6.46. The molecule has 0 amide bonds. The summed E-state index contributed by atoms with van der Waals surface area (Å²) < 4.78 is 15.1. The highest BCUT2D eigenvalue weighted by molar-refractivity contribution is 7.86. The maximum absolute atomic E-state index is 12.3. The summed E-state index contributed by atoms with van der Waals surface area (Å²) in [6.45, 7) is 1.80. The number of aryl methyl sites for hydroxylation is 1. The molecule has 3 rings (SSSR count). The van der Waals surface area contributed by atoms with Crippen molar-refractivity contribution in [2.75, 3.05) is 4.72 Å². The minimum Gasteiger partial charge on any atom is -0.508 e. The number of nitrogens with zero attached hydrogens (tertiary/aromatic N) is 3. The van der Waals surface area contributed by atoms with Gasteiger partial charge in [0.1, 0.15) is 11.6 Å². The third kappa shape index (κ3) is 4.48. The van der Waals surface area contributed by atoms with Gasteiger partial charge in [-0.3, -0.25) is 4.72 Å². The minimum atomic E-state index is -1.40. The van der Waals surface area contributed by atoms with E-state index >= 15 is 0 Å². The second kappa shape index (κ2) is 7.67. The third-order valence-electron chi connectivity index (χ3n) is 3.37. The molecule has 0 fully saturated rings. The molecule has 3 aromatic rings. The Balaban J connectivity index is 1.68. The van der Waals surface area contributed by atoms with Crippen LogP contribution in [0.25, 0.3) is 0 Å². The van der Waals surface area contributed by atoms with Gasteiger partial charge in [0.25, 0.3) is 0 Å². The number of phenols is 1. The van der Waals surface area contributed by atoms with Gasteiger partial charge in [-0.2, -0.15) is 10.2 Å². The van der Waals surface area contributed by atoms with Gasteiger partial charge in [0.2, 0.25) is 0 Å². The molecule has 126 valence electrons. The first-order chi connectivity index (χ1) is 12.1. The van der Waals surface area contributed by atoms with Crippen LogP contribution in [0.5, 0.6) is 5.75 Å². The van der Waals surface area contributed by atoms with Crippen molar-refractivity contribution in [1.29, 1.82) is 0 Å². The number of anilines is 1. The molecule has 0 radical (unpaired) electrons. The van der Waals surface area contributed by atoms with Gasteiger partial charge in [0.15, 0.2) is 11.0 Å². The van der Waals surface area contributed by atoms with Gasteiger partial charge in [-0.15, -0.1) is 0 Å². The van der Waals surface area contributed by atoms with Crippen molar-refractivity contribution < 1.29 is 9.32 Å². The van der Waals surface area contributed by atoms with Gasteiger partial charge in [0.05, 0.1) is 16.3 Å². The van der Waals surface area contributed by atoms with Crippen LogP contribution in [0.4, 0.5) is 17.2 Å². The fourth-order valence-corrected chi connectivity index (χ4v) is 2.84. The molecule has 0 spiro atoms. The van der Waals surface area contributed by atoms with Crippen LogP contribution in [-0.4, -0.2) is 14.3 Å². The molecule has 0 aliphatic heterocycles. The number of pyridine rings is 1. The molecule has 25 heavy (non-hydrogen) atoms. The number of phenolic OH excluding ortho intramolecular Hbond substituents is 1. The molecule has 1 heterocycles. The Morgan fingerprint density at radius 3 is 2.40 bits per heavy atom. The highest BCUT2D eigenvalue weighted by Crippen LogP contribution is 2.24. The molecule has 0 bridgehead atoms. The van der Waals surface area contributed by atoms with Crippen molar-refractivity contribution in [3.8, 4) is 5.75 Å². The molecule has 2 aromatic carbocycles. The van der Waals surface area contributed by atoms with E-state index in [-0.39, 0.29) is 5.75 Å². The molecular weight excluding hydrogens is 336 g/mol. The van der Waals surface area contributed by atoms with Crippen molar-refractivity contribution in [1.82, 2.24) is 4.98 Å². The molecule has 1 atom stereocenters. The van der Waals surface area contributed by atoms with E-state index in [0.29, 0.717) is 22.1 Å². The quantitative estimate of drug-likeness (QED) is 0.655. The van der Waals surface area contributed by atoms with E-state index in [4.69, 9.17) is 0 Å². The average Bonchev–Trinajstić information content (AvgIpc) is 2.64. The maximum atomic E-state index is 12.3. The van der Waals surface area contributed by atoms with Gasteiger partial charge in [-0.1, -0.05) is 6.07 Å². The van der Waals surface area contributed by atoms with E-state index < -0.39 is 11.0 Å². The molecule has 0 aliphatic carbocycles. The van der Waals surface area contributed by atoms with Crippen molar-refractivity contribution in [3.05, 3.63) is 72.4 Å². The lowest BCUT2D eigenvalue weighted by Gasteiger charge is -2.04. The van der Waals surface area contributed by atoms with Crippen molar-refractivity contribution in [3.63, 3.8) is 0 Å². The third-order valence-corrected chi connectivity index (χ3v) is 4.47. The zero-order chi connectivity index (χ0) is 17.6. The summed E-state index contributed by atoms with van der Waals surface area (Å²) in [6, 6.07) is 17.3. The highest BCUT2D eigenvalue weighted by atomic mass is 32.2. The molecule has 0 saturated carbocycles. The first-order valence-corrected chi connectivity index (χ1v) is 8.68. The molecular formula is C18H16N4O2S. The topological polar surface area (TPSA) is 86.9 Å². The number of aromatic hydroxyl groups is 1. The van der Waals surface area contributed by atoms with Crippen LogP contribution in [-0.2, 0) is 11.0 Å². The van der Waals surface area contributed by atoms with Crippen LogP contribution in [0.2, 0.25) is 0 Å². The summed E-state index contributed by atoms with van der Waals surface area (Å²) >= 11 is 0. The molecule has 2 N–H and O–H groups in total. The molecule has 1 unspecified atom stereocenters. The van der Waals surface area contributed by atoms with Crippen LogP contribution >= 0.6 is 0 Å². The normalized spacial score (nSPS) is 12.2. The van der Waals surface area contributed by atoms with Gasteiger partial charge in [-0.25, -0.2) is 9.19 Å². The Morgan fingerprint density at radius 2 is 1.72 bits per heavy atom. The largest absolute Gasteiger partial charge is 0.508 e. The summed E-state index contributed by atoms with van der Waals surface area (Å²) in [5.41, 5.74) is 2.03. The van der Waals surface area contributed by atoms with Crippen LogP contribution in [0, 0.1) is 6.92 Å². The van der Waals surface area contributed by atoms with E-state index in [0.717, 1.165) is 5.56 Å². The lowest BCUT2D eigenvalue weighted by Crippen LogP contribution is -2.05. The summed E-state index contributed by atoms with van der Waals surface area (Å²) in [5, 5.41) is 17.8. The predicted octanol–water partition coefficient (Wildman–Crippen LogP) is 4.65. The highest BCUT2D eigenvalue weighted by Gasteiger charge is 2.04. The van der Waals surface area contributed by atoms with Gasteiger partial charge >= 0.3 is 0 Å². The lowest BCUT2D eigenvalue weighted by atomic mass is 10.2. The van der Waals surface area contributed by atoms with Crippen LogP contribution in [0.15, 0.2) is 82.0 Å². The zero-order valence-electron chi connectivity index (χ0n) is 13.5. The van der Waals surface area contributed by atoms with E-state index in [1.165, 1.54) is 0 Å². The van der Waals surface area contributed by atoms with E-state index in [1.54, 1.807) is 67.7 Å². The van der Waals surface area contributed by atoms with Crippen LogP contribution < -0.4 is 4.72 Å². The fraction of sp³-hybridized carbons (Fsp3) is 0.0556. The molecule has 1 aromatic heterocycles. The van der Waals surface area contributed by atoms with Crippen molar-refractivity contribution in [2.45, 2.75) is 11.8 Å². The summed E-state index contributed by atoms with van der Waals surface area (Å²) in [6.07, 6.45) is 1.63. The summed E-state index contributed by atoms with van der Waals surface area (Å²) in [5.74, 6) is 0.776. The molecule has 6 nitrogen and oxygen atoms in total. The monoisotopic (exact) mass is 352 g/mol. The van der Waals surface area contributed by atoms with Crippen LogP contribution in [0.1, 0.15) is 5.56 Å². The van der Waals surface area contributed by atoms with E-state index in [2.05, 4.69) is 19.9 Å². The Hall–Kier alpha value is -3.06. The Bertz CT molecular complexity index is 912. The lowest BCUT2D eigenvalue weighted by molar-refractivity contribution is 0.471. The smallest absolute Gasteiger partial charge is 0.151 e. The predicted molar refractivity (Wildman–Crippen MR) is 97.7 cm³/mol. The molecule has 0 aliphatic rings. The SMILES string of the molecule is Cc1cc(N=Nc2ccc(S(=O)Nc3ccccn3)cc2)ccc1O. The van der Waals surface area contributed by atoms with E-state index in [9.17, 15) is 9.32 Å². The first-order valence-electron chi connectivity index (χ1n) is 7.53. The van der Waals surface area contributed by atoms with Gasteiger partial charge in [0, 0.05) is 6.20 Å². The number of nitrogens with one attached hydrogen (secondary N) is 1. The second-order valence-electron chi connectivity index (χ2n) is 5.25. The van der Waals surface area contributed by atoms with Gasteiger partial charge < -0.3 is 5.11 Å². The number of hydrogen-bond acceptors (Lipinski definition) is 5. The van der Waals surface area contributed by atoms with Crippen molar-refractivity contribution >= 4 is 28.2 Å². The van der Waals surface area contributed by atoms with Gasteiger partial charge in [-0.05, 0) is 67.1 Å². The number of rotatable bonds is 5. The fourth-order valence-electron chi connectivity index (χ4n) is 2.03. The summed E-state index contributed by atoms with van der Waals surface area (Å²) in [4.78, 5) is 4.70. The number of aromatic nitrogens is 1. The standard InChI is InChI=1S/C18H16N4O2S/c1-13-12-15(7-10-17(13)23)21-20-14-5-8-16(9-6-14)25(24)22-18-4-2-3-11-19-18/h2-12,23H,1H3,(H,19,22). The Kier molecular flexibility index (Phi) is 5.15. The van der Waals surface area contributed by atoms with E-state index in [1.807, 2.05) is 6.07 Å². The first kappa shape index (κ1) is 16.8. The van der Waals surface area contributed by atoms with Crippen molar-refractivity contribution in [2.24, 2.45) is 10.2 Å². The number of azo groups is 1. The molecule has 0 saturated heterocycles. The minimum absolute atomic E-state index is 0.228. The number of hydrogen-bond donors (Lipinski definition) is 2. The maximum Gasteiger partial charge on any atom is 0.151 e. The average molecular weight is 352 g/mol.